The van der Waals surface area contributed by atoms with Crippen molar-refractivity contribution in [3.63, 3.8) is 0 Å². The van der Waals surface area contributed by atoms with Crippen LogP contribution in [0.15, 0.2) is 53.4 Å². The quantitative estimate of drug-likeness (QED) is 0.585. The summed E-state index contributed by atoms with van der Waals surface area (Å²) in [5.74, 6) is 0. The van der Waals surface area contributed by atoms with Crippen molar-refractivity contribution in [3.05, 3.63) is 59.7 Å². The fourth-order valence-corrected chi connectivity index (χ4v) is 3.90. The first-order chi connectivity index (χ1) is 12.2. The van der Waals surface area contributed by atoms with Crippen molar-refractivity contribution < 1.29 is 8.42 Å². The zero-order chi connectivity index (χ0) is 19.2. The van der Waals surface area contributed by atoms with Gasteiger partial charge in [0.1, 0.15) is 0 Å². The topological polar surface area (TPSA) is 46.2 Å². The first kappa shape index (κ1) is 20.5. The summed E-state index contributed by atoms with van der Waals surface area (Å²) in [4.78, 5) is 0.301. The number of unbranched alkanes of at least 4 members (excludes halogenated alkanes) is 3. The Morgan fingerprint density at radius 1 is 0.846 bits per heavy atom. The molecule has 0 spiro atoms. The molecule has 26 heavy (non-hydrogen) atoms. The SMILES string of the molecule is CCCCCCc1ccc(S(=O)(=O)Nc2ccc(C(C)(C)C)cc2)cc1. The van der Waals surface area contributed by atoms with E-state index in [-0.39, 0.29) is 5.41 Å². The van der Waals surface area contributed by atoms with Crippen LogP contribution in [-0.4, -0.2) is 8.42 Å². The third kappa shape index (κ3) is 5.87. The van der Waals surface area contributed by atoms with Crippen LogP contribution in [0.4, 0.5) is 5.69 Å². The number of hydrogen-bond donors (Lipinski definition) is 1. The van der Waals surface area contributed by atoms with E-state index in [1.807, 2.05) is 36.4 Å². The smallest absolute Gasteiger partial charge is 0.261 e. The van der Waals surface area contributed by atoms with Gasteiger partial charge in [0.05, 0.1) is 4.90 Å². The lowest BCUT2D eigenvalue weighted by Crippen LogP contribution is -2.14. The molecule has 0 bridgehead atoms. The molecular weight excluding hydrogens is 342 g/mol. The molecule has 3 nitrogen and oxygen atoms in total. The largest absolute Gasteiger partial charge is 0.280 e. The van der Waals surface area contributed by atoms with Gasteiger partial charge in [-0.3, -0.25) is 4.72 Å². The zero-order valence-electron chi connectivity index (χ0n) is 16.4. The monoisotopic (exact) mass is 373 g/mol. The van der Waals surface area contributed by atoms with Gasteiger partial charge in [0.15, 0.2) is 0 Å². The average molecular weight is 374 g/mol. The fourth-order valence-electron chi connectivity index (χ4n) is 2.84. The van der Waals surface area contributed by atoms with Gasteiger partial charge in [-0.1, -0.05) is 71.2 Å². The molecule has 4 heteroatoms. The molecule has 0 aliphatic carbocycles. The molecule has 0 aliphatic rings. The first-order valence-electron chi connectivity index (χ1n) is 9.44. The van der Waals surface area contributed by atoms with E-state index in [2.05, 4.69) is 32.4 Å². The number of hydrogen-bond acceptors (Lipinski definition) is 2. The minimum Gasteiger partial charge on any atom is -0.280 e. The Morgan fingerprint density at radius 2 is 1.46 bits per heavy atom. The Labute approximate surface area is 158 Å². The number of benzene rings is 2. The summed E-state index contributed by atoms with van der Waals surface area (Å²) in [6.07, 6.45) is 5.85. The second-order valence-corrected chi connectivity index (χ2v) is 9.57. The highest BCUT2D eigenvalue weighted by atomic mass is 32.2. The van der Waals surface area contributed by atoms with E-state index in [1.165, 1.54) is 30.4 Å². The van der Waals surface area contributed by atoms with E-state index in [4.69, 9.17) is 0 Å². The summed E-state index contributed by atoms with van der Waals surface area (Å²) < 4.78 is 27.8. The predicted octanol–water partition coefficient (Wildman–Crippen LogP) is 5.91. The van der Waals surface area contributed by atoms with E-state index in [1.54, 1.807) is 12.1 Å². The van der Waals surface area contributed by atoms with Crippen molar-refractivity contribution in [1.82, 2.24) is 0 Å². The molecule has 0 radical (unpaired) electrons. The minimum atomic E-state index is -3.56. The van der Waals surface area contributed by atoms with Crippen LogP contribution in [0.3, 0.4) is 0 Å². The summed E-state index contributed by atoms with van der Waals surface area (Å²) in [7, 11) is -3.56. The van der Waals surface area contributed by atoms with E-state index in [0.29, 0.717) is 10.6 Å². The van der Waals surface area contributed by atoms with Gasteiger partial charge in [0.2, 0.25) is 0 Å². The molecule has 2 aromatic rings. The highest BCUT2D eigenvalue weighted by molar-refractivity contribution is 7.92. The Bertz CT molecular complexity index is 786. The molecule has 0 saturated heterocycles. The van der Waals surface area contributed by atoms with E-state index >= 15 is 0 Å². The summed E-state index contributed by atoms with van der Waals surface area (Å²) in [6, 6.07) is 14.8. The number of anilines is 1. The highest BCUT2D eigenvalue weighted by Crippen LogP contribution is 2.24. The van der Waals surface area contributed by atoms with Crippen molar-refractivity contribution in [2.75, 3.05) is 4.72 Å². The number of aryl methyl sites for hydroxylation is 1. The van der Waals surface area contributed by atoms with E-state index in [9.17, 15) is 8.42 Å². The van der Waals surface area contributed by atoms with Gasteiger partial charge >= 0.3 is 0 Å². The van der Waals surface area contributed by atoms with Crippen LogP contribution in [0.1, 0.15) is 64.5 Å². The van der Waals surface area contributed by atoms with Crippen molar-refractivity contribution in [2.45, 2.75) is 70.1 Å². The van der Waals surface area contributed by atoms with E-state index < -0.39 is 10.0 Å². The average Bonchev–Trinajstić information content (AvgIpc) is 2.58. The molecule has 0 atom stereocenters. The maximum atomic E-state index is 12.6. The van der Waals surface area contributed by atoms with Crippen molar-refractivity contribution in [2.24, 2.45) is 0 Å². The third-order valence-corrected chi connectivity index (χ3v) is 5.95. The maximum Gasteiger partial charge on any atom is 0.261 e. The Hall–Kier alpha value is -1.81. The van der Waals surface area contributed by atoms with Crippen molar-refractivity contribution in [1.29, 1.82) is 0 Å². The van der Waals surface area contributed by atoms with Gasteiger partial charge < -0.3 is 0 Å². The van der Waals surface area contributed by atoms with Crippen LogP contribution in [0.5, 0.6) is 0 Å². The van der Waals surface area contributed by atoms with Gasteiger partial charge in [-0.05, 0) is 53.6 Å². The van der Waals surface area contributed by atoms with Gasteiger partial charge in [-0.2, -0.15) is 0 Å². The van der Waals surface area contributed by atoms with Gasteiger partial charge in [-0.15, -0.1) is 0 Å². The van der Waals surface area contributed by atoms with Crippen LogP contribution in [0, 0.1) is 0 Å². The van der Waals surface area contributed by atoms with Gasteiger partial charge in [-0.25, -0.2) is 8.42 Å². The molecule has 1 N–H and O–H groups in total. The highest BCUT2D eigenvalue weighted by Gasteiger charge is 2.16. The lowest BCUT2D eigenvalue weighted by molar-refractivity contribution is 0.590. The molecule has 2 aromatic carbocycles. The van der Waals surface area contributed by atoms with Crippen LogP contribution in [0.25, 0.3) is 0 Å². The summed E-state index contributed by atoms with van der Waals surface area (Å²) in [6.45, 7) is 8.60. The normalized spacial score (nSPS) is 12.2. The molecule has 2 rings (SSSR count). The maximum absolute atomic E-state index is 12.6. The van der Waals surface area contributed by atoms with Gasteiger partial charge in [0.25, 0.3) is 10.0 Å². The molecular formula is C22H31NO2S. The summed E-state index contributed by atoms with van der Waals surface area (Å²) in [5, 5.41) is 0. The Balaban J connectivity index is 2.03. The molecule has 0 heterocycles. The van der Waals surface area contributed by atoms with E-state index in [0.717, 1.165) is 12.8 Å². The Kier molecular flexibility index (Phi) is 6.87. The number of sulfonamides is 1. The minimum absolute atomic E-state index is 0.0460. The molecule has 142 valence electrons. The van der Waals surface area contributed by atoms with Gasteiger partial charge in [0, 0.05) is 5.69 Å². The lowest BCUT2D eigenvalue weighted by Gasteiger charge is -2.19. The van der Waals surface area contributed by atoms with Crippen LogP contribution < -0.4 is 4.72 Å². The predicted molar refractivity (Wildman–Crippen MR) is 110 cm³/mol. The standard InChI is InChI=1S/C22H31NO2S/c1-5-6-7-8-9-18-10-16-21(17-11-18)26(24,25)23-20-14-12-19(13-15-20)22(2,3)4/h10-17,23H,5-9H2,1-4H3. The van der Waals surface area contributed by atoms with Crippen LogP contribution >= 0.6 is 0 Å². The molecule has 0 aromatic heterocycles. The molecule has 0 saturated carbocycles. The lowest BCUT2D eigenvalue weighted by atomic mass is 9.87. The molecule has 0 amide bonds. The third-order valence-electron chi connectivity index (χ3n) is 4.56. The van der Waals surface area contributed by atoms with Crippen molar-refractivity contribution in [3.8, 4) is 0 Å². The first-order valence-corrected chi connectivity index (χ1v) is 10.9. The van der Waals surface area contributed by atoms with Crippen LogP contribution in [0.2, 0.25) is 0 Å². The second kappa shape index (κ2) is 8.72. The second-order valence-electron chi connectivity index (χ2n) is 7.89. The zero-order valence-corrected chi connectivity index (χ0v) is 17.2. The number of nitrogens with one attached hydrogen (secondary N) is 1. The summed E-state index contributed by atoms with van der Waals surface area (Å²) in [5.41, 5.74) is 2.99. The molecule has 0 aliphatic heterocycles. The summed E-state index contributed by atoms with van der Waals surface area (Å²) >= 11 is 0. The molecule has 0 fully saturated rings. The fraction of sp³-hybridized carbons (Fsp3) is 0.455. The van der Waals surface area contributed by atoms with Crippen LogP contribution in [-0.2, 0) is 21.9 Å². The number of rotatable bonds is 8. The molecule has 0 unspecified atom stereocenters. The van der Waals surface area contributed by atoms with Crippen molar-refractivity contribution >= 4 is 15.7 Å². The Morgan fingerprint density at radius 3 is 2.00 bits per heavy atom.